The van der Waals surface area contributed by atoms with Crippen LogP contribution in [0.5, 0.6) is 0 Å². The van der Waals surface area contributed by atoms with E-state index in [0.717, 1.165) is 17.7 Å². The lowest BCUT2D eigenvalue weighted by Gasteiger charge is -2.02. The van der Waals surface area contributed by atoms with Crippen LogP contribution in [0.2, 0.25) is 0 Å². The molecule has 0 radical (unpaired) electrons. The molecule has 0 N–H and O–H groups in total. The number of pyridine rings is 1. The molecule has 70 valence electrons. The van der Waals surface area contributed by atoms with Crippen molar-refractivity contribution in [1.82, 2.24) is 14.8 Å². The third-order valence-electron chi connectivity index (χ3n) is 1.96. The lowest BCUT2D eigenvalue weighted by Crippen LogP contribution is -1.98. The maximum atomic E-state index is 10.5. The summed E-state index contributed by atoms with van der Waals surface area (Å²) >= 11 is 0. The predicted molar refractivity (Wildman–Crippen MR) is 51.5 cm³/mol. The third kappa shape index (κ3) is 1.42. The lowest BCUT2D eigenvalue weighted by molar-refractivity contribution is 0.112. The summed E-state index contributed by atoms with van der Waals surface area (Å²) in [5.74, 6) is 0. The minimum Gasteiger partial charge on any atom is -0.298 e. The SMILES string of the molecule is Cc1ncccc1-n1cc(C=O)cn1. The minimum absolute atomic E-state index is 0.563. The van der Waals surface area contributed by atoms with Crippen LogP contribution in [0.3, 0.4) is 0 Å². The second-order valence-electron chi connectivity index (χ2n) is 2.94. The first kappa shape index (κ1) is 8.62. The number of aldehydes is 1. The Morgan fingerprint density at radius 3 is 3.00 bits per heavy atom. The Labute approximate surface area is 81.2 Å². The second-order valence-corrected chi connectivity index (χ2v) is 2.94. The van der Waals surface area contributed by atoms with E-state index in [4.69, 9.17) is 0 Å². The Bertz CT molecular complexity index is 462. The van der Waals surface area contributed by atoms with Gasteiger partial charge in [-0.25, -0.2) is 4.68 Å². The van der Waals surface area contributed by atoms with Gasteiger partial charge in [-0.3, -0.25) is 9.78 Å². The van der Waals surface area contributed by atoms with E-state index < -0.39 is 0 Å². The van der Waals surface area contributed by atoms with Crippen LogP contribution in [-0.2, 0) is 0 Å². The maximum absolute atomic E-state index is 10.5. The summed E-state index contributed by atoms with van der Waals surface area (Å²) in [6.45, 7) is 1.90. The number of hydrogen-bond acceptors (Lipinski definition) is 3. The van der Waals surface area contributed by atoms with Gasteiger partial charge >= 0.3 is 0 Å². The van der Waals surface area contributed by atoms with Crippen LogP contribution in [-0.4, -0.2) is 21.1 Å². The van der Waals surface area contributed by atoms with Crippen molar-refractivity contribution in [1.29, 1.82) is 0 Å². The van der Waals surface area contributed by atoms with Gasteiger partial charge in [0.25, 0.3) is 0 Å². The van der Waals surface area contributed by atoms with Crippen LogP contribution in [0.4, 0.5) is 0 Å². The summed E-state index contributed by atoms with van der Waals surface area (Å²) < 4.78 is 1.64. The van der Waals surface area contributed by atoms with Gasteiger partial charge in [-0.05, 0) is 19.1 Å². The second kappa shape index (κ2) is 3.41. The smallest absolute Gasteiger partial charge is 0.153 e. The Morgan fingerprint density at radius 1 is 1.50 bits per heavy atom. The molecule has 2 heterocycles. The molecular formula is C10H9N3O. The van der Waals surface area contributed by atoms with E-state index in [1.54, 1.807) is 17.1 Å². The van der Waals surface area contributed by atoms with Gasteiger partial charge in [0.2, 0.25) is 0 Å². The molecule has 0 aliphatic carbocycles. The van der Waals surface area contributed by atoms with Crippen molar-refractivity contribution in [2.75, 3.05) is 0 Å². The molecule has 2 aromatic heterocycles. The van der Waals surface area contributed by atoms with Gasteiger partial charge in [-0.2, -0.15) is 5.10 Å². The highest BCUT2D eigenvalue weighted by Gasteiger charge is 2.02. The van der Waals surface area contributed by atoms with E-state index in [1.165, 1.54) is 6.20 Å². The van der Waals surface area contributed by atoms with Gasteiger partial charge in [0, 0.05) is 12.4 Å². The molecule has 0 aliphatic rings. The average molecular weight is 187 g/mol. The number of aromatic nitrogens is 3. The summed E-state index contributed by atoms with van der Waals surface area (Å²) in [6, 6.07) is 3.74. The number of nitrogens with zero attached hydrogens (tertiary/aromatic N) is 3. The number of carbonyl (C=O) groups is 1. The fraction of sp³-hybridized carbons (Fsp3) is 0.100. The standard InChI is InChI=1S/C10H9N3O/c1-8-10(3-2-4-11-8)13-6-9(7-14)5-12-13/h2-7H,1H3. The first-order valence-corrected chi connectivity index (χ1v) is 4.23. The highest BCUT2D eigenvalue weighted by atomic mass is 16.1. The summed E-state index contributed by atoms with van der Waals surface area (Å²) in [7, 11) is 0. The molecule has 0 aliphatic heterocycles. The van der Waals surface area contributed by atoms with Crippen molar-refractivity contribution in [3.63, 3.8) is 0 Å². The van der Waals surface area contributed by atoms with Crippen molar-refractivity contribution >= 4 is 6.29 Å². The molecule has 2 aromatic rings. The van der Waals surface area contributed by atoms with Crippen LogP contribution in [0.1, 0.15) is 16.1 Å². The zero-order chi connectivity index (χ0) is 9.97. The summed E-state index contributed by atoms with van der Waals surface area (Å²) in [5.41, 5.74) is 2.34. The molecule has 0 fully saturated rings. The van der Waals surface area contributed by atoms with Crippen molar-refractivity contribution in [2.45, 2.75) is 6.92 Å². The average Bonchev–Trinajstić information content (AvgIpc) is 2.67. The summed E-state index contributed by atoms with van der Waals surface area (Å²) in [6.07, 6.45) is 5.70. The molecule has 0 unspecified atom stereocenters. The Morgan fingerprint density at radius 2 is 2.36 bits per heavy atom. The van der Waals surface area contributed by atoms with Gasteiger partial charge in [0.1, 0.15) is 0 Å². The van der Waals surface area contributed by atoms with Crippen LogP contribution >= 0.6 is 0 Å². The van der Waals surface area contributed by atoms with Gasteiger partial charge in [-0.1, -0.05) is 0 Å². The zero-order valence-electron chi connectivity index (χ0n) is 7.71. The van der Waals surface area contributed by atoms with Gasteiger partial charge < -0.3 is 0 Å². The summed E-state index contributed by atoms with van der Waals surface area (Å²) in [5, 5.41) is 4.06. The van der Waals surface area contributed by atoms with Gasteiger partial charge in [0.05, 0.1) is 23.1 Å². The molecular weight excluding hydrogens is 178 g/mol. The fourth-order valence-corrected chi connectivity index (χ4v) is 1.25. The number of carbonyl (C=O) groups excluding carboxylic acids is 1. The van der Waals surface area contributed by atoms with Gasteiger partial charge in [-0.15, -0.1) is 0 Å². The normalized spacial score (nSPS) is 10.1. The Kier molecular flexibility index (Phi) is 2.10. The van der Waals surface area contributed by atoms with Crippen molar-refractivity contribution < 1.29 is 4.79 Å². The van der Waals surface area contributed by atoms with E-state index >= 15 is 0 Å². The largest absolute Gasteiger partial charge is 0.298 e. The summed E-state index contributed by atoms with van der Waals surface area (Å²) in [4.78, 5) is 14.6. The molecule has 0 saturated carbocycles. The molecule has 4 heteroatoms. The predicted octanol–water partition coefficient (Wildman–Crippen LogP) is 1.39. The quantitative estimate of drug-likeness (QED) is 0.667. The Balaban J connectivity index is 2.49. The number of aryl methyl sites for hydroxylation is 1. The van der Waals surface area contributed by atoms with E-state index in [1.807, 2.05) is 19.1 Å². The van der Waals surface area contributed by atoms with Crippen LogP contribution in [0.15, 0.2) is 30.7 Å². The zero-order valence-corrected chi connectivity index (χ0v) is 7.71. The first-order valence-electron chi connectivity index (χ1n) is 4.23. The minimum atomic E-state index is 0.563. The molecule has 0 aromatic carbocycles. The van der Waals surface area contributed by atoms with Crippen molar-refractivity contribution in [3.8, 4) is 5.69 Å². The highest BCUT2D eigenvalue weighted by molar-refractivity contribution is 5.73. The number of hydrogen-bond donors (Lipinski definition) is 0. The molecule has 4 nitrogen and oxygen atoms in total. The van der Waals surface area contributed by atoms with Crippen LogP contribution in [0.25, 0.3) is 5.69 Å². The van der Waals surface area contributed by atoms with E-state index in [-0.39, 0.29) is 0 Å². The molecule has 0 amide bonds. The maximum Gasteiger partial charge on any atom is 0.153 e. The molecule has 2 rings (SSSR count). The molecule has 0 bridgehead atoms. The van der Waals surface area contributed by atoms with E-state index in [2.05, 4.69) is 10.1 Å². The van der Waals surface area contributed by atoms with E-state index in [9.17, 15) is 4.79 Å². The Hall–Kier alpha value is -1.97. The fourth-order valence-electron chi connectivity index (χ4n) is 1.25. The molecule has 0 spiro atoms. The van der Waals surface area contributed by atoms with Crippen LogP contribution < -0.4 is 0 Å². The van der Waals surface area contributed by atoms with E-state index in [0.29, 0.717) is 5.56 Å². The topological polar surface area (TPSA) is 47.8 Å². The highest BCUT2D eigenvalue weighted by Crippen LogP contribution is 2.09. The van der Waals surface area contributed by atoms with Crippen molar-refractivity contribution in [3.05, 3.63) is 42.0 Å². The van der Waals surface area contributed by atoms with Gasteiger partial charge in [0.15, 0.2) is 6.29 Å². The number of rotatable bonds is 2. The molecule has 14 heavy (non-hydrogen) atoms. The molecule has 0 saturated heterocycles. The lowest BCUT2D eigenvalue weighted by atomic mass is 10.3. The molecule has 0 atom stereocenters. The first-order chi connectivity index (χ1) is 6.81. The van der Waals surface area contributed by atoms with Crippen LogP contribution in [0, 0.1) is 6.92 Å². The monoisotopic (exact) mass is 187 g/mol. The third-order valence-corrected chi connectivity index (χ3v) is 1.96. The van der Waals surface area contributed by atoms with Crippen molar-refractivity contribution in [2.24, 2.45) is 0 Å².